The predicted molar refractivity (Wildman–Crippen MR) is 133 cm³/mol. The second-order valence-corrected chi connectivity index (χ2v) is 8.84. The summed E-state index contributed by atoms with van der Waals surface area (Å²) in [6.07, 6.45) is 1.75. The number of aromatic nitrogens is 2. The number of carbonyl (C=O) groups excluding carboxylic acids is 1. The van der Waals surface area contributed by atoms with E-state index in [1.165, 1.54) is 16.9 Å². The number of anilines is 1. The summed E-state index contributed by atoms with van der Waals surface area (Å²) in [7, 11) is 2.11. The number of rotatable bonds is 8. The number of amides is 1. The summed E-state index contributed by atoms with van der Waals surface area (Å²) in [5.74, 6) is -1.48. The number of benzene rings is 2. The summed E-state index contributed by atoms with van der Waals surface area (Å²) in [5, 5.41) is 6.96. The van der Waals surface area contributed by atoms with Crippen LogP contribution in [0.4, 0.5) is 19.3 Å². The Labute approximate surface area is 208 Å². The third kappa shape index (κ3) is 7.19. The molecule has 0 spiro atoms. The van der Waals surface area contributed by atoms with Crippen molar-refractivity contribution in [1.82, 2.24) is 19.6 Å². The Bertz CT molecular complexity index is 1240. The lowest BCUT2D eigenvalue weighted by atomic mass is 10.1. The second-order valence-electron chi connectivity index (χ2n) is 8.84. The molecule has 190 valence electrons. The maximum Gasteiger partial charge on any atom is 0.411 e. The highest BCUT2D eigenvalue weighted by Gasteiger charge is 2.13. The summed E-state index contributed by atoms with van der Waals surface area (Å²) in [4.78, 5) is 29.2. The lowest BCUT2D eigenvalue weighted by molar-refractivity contribution is 0.130. The van der Waals surface area contributed by atoms with Gasteiger partial charge >= 0.3 is 6.09 Å². The molecule has 1 aliphatic heterocycles. The average molecular weight is 498 g/mol. The summed E-state index contributed by atoms with van der Waals surface area (Å²) >= 11 is 0. The van der Waals surface area contributed by atoms with Gasteiger partial charge in [-0.05, 0) is 43.3 Å². The second kappa shape index (κ2) is 11.9. The first-order chi connectivity index (χ1) is 17.4. The zero-order valence-electron chi connectivity index (χ0n) is 20.1. The number of hydrogen-bond donors (Lipinski definition) is 1. The highest BCUT2D eigenvalue weighted by Crippen LogP contribution is 2.15. The molecule has 3 aromatic rings. The van der Waals surface area contributed by atoms with E-state index in [4.69, 9.17) is 4.74 Å². The molecule has 1 N–H and O–H groups in total. The molecule has 10 heteroatoms. The minimum atomic E-state index is -0.739. The highest BCUT2D eigenvalue weighted by molar-refractivity contribution is 5.84. The quantitative estimate of drug-likeness (QED) is 0.481. The first-order valence-corrected chi connectivity index (χ1v) is 11.8. The third-order valence-corrected chi connectivity index (χ3v) is 5.98. The number of nitrogens with zero attached hydrogens (tertiary/aromatic N) is 4. The number of halogens is 2. The highest BCUT2D eigenvalue weighted by atomic mass is 19.1. The van der Waals surface area contributed by atoms with Crippen molar-refractivity contribution >= 4 is 11.8 Å². The fourth-order valence-electron chi connectivity index (χ4n) is 4.02. The number of hydrogen-bond acceptors (Lipinski definition) is 6. The Hall–Kier alpha value is -3.63. The lowest BCUT2D eigenvalue weighted by Crippen LogP contribution is -2.44. The molecule has 1 amide bonds. The molecule has 0 bridgehead atoms. The maximum atomic E-state index is 13.6. The van der Waals surface area contributed by atoms with E-state index in [1.54, 1.807) is 24.3 Å². The van der Waals surface area contributed by atoms with E-state index in [2.05, 4.69) is 27.3 Å². The lowest BCUT2D eigenvalue weighted by Gasteiger charge is -2.32. The van der Waals surface area contributed by atoms with Crippen LogP contribution in [-0.2, 0) is 11.2 Å². The van der Waals surface area contributed by atoms with Gasteiger partial charge in [0.25, 0.3) is 0 Å². The van der Waals surface area contributed by atoms with E-state index in [1.807, 2.05) is 0 Å². The summed E-state index contributed by atoms with van der Waals surface area (Å²) in [6, 6.07) is 11.3. The van der Waals surface area contributed by atoms with Gasteiger partial charge in [-0.3, -0.25) is 10.1 Å². The molecule has 0 radical (unpaired) electrons. The van der Waals surface area contributed by atoms with E-state index in [0.29, 0.717) is 12.3 Å². The van der Waals surface area contributed by atoms with Crippen molar-refractivity contribution < 1.29 is 18.3 Å². The van der Waals surface area contributed by atoms with Crippen LogP contribution >= 0.6 is 0 Å². The topological polar surface area (TPSA) is 79.7 Å². The molecule has 0 unspecified atom stereocenters. The molecule has 0 saturated carbocycles. The molecule has 0 aliphatic carbocycles. The van der Waals surface area contributed by atoms with E-state index in [9.17, 15) is 18.4 Å². The van der Waals surface area contributed by atoms with Gasteiger partial charge in [0.2, 0.25) is 5.43 Å². The Morgan fingerprint density at radius 2 is 1.81 bits per heavy atom. The molecular formula is C26H29F2N5O3. The standard InChI is InChI=1S/C26H29F2N5O3/c1-31-9-11-32(12-10-31)7-3-13-36-26(35)29-22-5-2-4-19(14-22)15-24-25(34)6-8-33(30-24)23-17-20(27)16-21(28)18-23/h2,4-6,8,14,16-18H,3,7,9-13,15H2,1H3,(H,29,35). The number of likely N-dealkylation sites (N-methyl/N-ethyl adjacent to an activating group) is 1. The zero-order valence-corrected chi connectivity index (χ0v) is 20.1. The predicted octanol–water partition coefficient (Wildman–Crippen LogP) is 3.29. The van der Waals surface area contributed by atoms with E-state index in [-0.39, 0.29) is 23.2 Å². The molecule has 8 nitrogen and oxygen atoms in total. The number of ether oxygens (including phenoxy) is 1. The molecule has 1 fully saturated rings. The molecule has 1 saturated heterocycles. The summed E-state index contributed by atoms with van der Waals surface area (Å²) in [6.45, 7) is 5.36. The van der Waals surface area contributed by atoms with Crippen molar-refractivity contribution in [3.8, 4) is 5.69 Å². The van der Waals surface area contributed by atoms with Gasteiger partial charge in [-0.2, -0.15) is 5.10 Å². The number of nitrogens with one attached hydrogen (secondary N) is 1. The van der Waals surface area contributed by atoms with E-state index < -0.39 is 17.7 Å². The smallest absolute Gasteiger partial charge is 0.411 e. The maximum absolute atomic E-state index is 13.6. The summed E-state index contributed by atoms with van der Waals surface area (Å²) < 4.78 is 33.7. The van der Waals surface area contributed by atoms with Crippen LogP contribution in [0.2, 0.25) is 0 Å². The molecule has 2 heterocycles. The first kappa shape index (κ1) is 25.5. The van der Waals surface area contributed by atoms with Gasteiger partial charge < -0.3 is 14.5 Å². The SMILES string of the molecule is CN1CCN(CCCOC(=O)Nc2cccc(Cc3nn(-c4cc(F)cc(F)c4)ccc3=O)c2)CC1. The Balaban J connectivity index is 1.32. The van der Waals surface area contributed by atoms with Crippen LogP contribution in [0.15, 0.2) is 59.5 Å². The van der Waals surface area contributed by atoms with Crippen molar-refractivity contribution in [2.24, 2.45) is 0 Å². The van der Waals surface area contributed by atoms with Crippen molar-refractivity contribution in [3.05, 3.63) is 87.8 Å². The molecule has 1 aromatic heterocycles. The van der Waals surface area contributed by atoms with Crippen LogP contribution in [0.3, 0.4) is 0 Å². The van der Waals surface area contributed by atoms with Crippen LogP contribution < -0.4 is 10.7 Å². The van der Waals surface area contributed by atoms with Gasteiger partial charge in [0.15, 0.2) is 0 Å². The Morgan fingerprint density at radius 3 is 2.56 bits per heavy atom. The van der Waals surface area contributed by atoms with Crippen LogP contribution in [0.25, 0.3) is 5.69 Å². The van der Waals surface area contributed by atoms with Crippen LogP contribution in [0, 0.1) is 11.6 Å². The number of piperazine rings is 1. The van der Waals surface area contributed by atoms with E-state index >= 15 is 0 Å². The molecule has 4 rings (SSSR count). The van der Waals surface area contributed by atoms with Crippen molar-refractivity contribution in [2.75, 3.05) is 51.7 Å². The van der Waals surface area contributed by atoms with Crippen LogP contribution in [-0.4, -0.2) is 72.1 Å². The van der Waals surface area contributed by atoms with Gasteiger partial charge in [0, 0.05) is 63.2 Å². The fraction of sp³-hybridized carbons (Fsp3) is 0.346. The Morgan fingerprint density at radius 1 is 1.06 bits per heavy atom. The summed E-state index contributed by atoms with van der Waals surface area (Å²) in [5.41, 5.74) is 1.32. The normalized spacial score (nSPS) is 14.5. The molecular weight excluding hydrogens is 468 g/mol. The zero-order chi connectivity index (χ0) is 25.5. The van der Waals surface area contributed by atoms with Crippen molar-refractivity contribution in [2.45, 2.75) is 12.8 Å². The van der Waals surface area contributed by atoms with E-state index in [0.717, 1.165) is 62.9 Å². The van der Waals surface area contributed by atoms with Gasteiger partial charge in [0.05, 0.1) is 12.3 Å². The minimum absolute atomic E-state index is 0.166. The number of carbonyl (C=O) groups is 1. The largest absolute Gasteiger partial charge is 0.449 e. The average Bonchev–Trinajstić information content (AvgIpc) is 2.84. The minimum Gasteiger partial charge on any atom is -0.449 e. The van der Waals surface area contributed by atoms with Crippen molar-refractivity contribution in [3.63, 3.8) is 0 Å². The third-order valence-electron chi connectivity index (χ3n) is 5.98. The molecule has 1 aliphatic rings. The van der Waals surface area contributed by atoms with Gasteiger partial charge in [-0.25, -0.2) is 18.3 Å². The van der Waals surface area contributed by atoms with Gasteiger partial charge in [-0.1, -0.05) is 12.1 Å². The van der Waals surface area contributed by atoms with Gasteiger partial charge in [0.1, 0.15) is 17.3 Å². The van der Waals surface area contributed by atoms with Crippen LogP contribution in [0.5, 0.6) is 0 Å². The molecule has 36 heavy (non-hydrogen) atoms. The fourth-order valence-corrected chi connectivity index (χ4v) is 4.02. The van der Waals surface area contributed by atoms with Crippen LogP contribution in [0.1, 0.15) is 17.7 Å². The monoisotopic (exact) mass is 497 g/mol. The molecule has 0 atom stereocenters. The van der Waals surface area contributed by atoms with Gasteiger partial charge in [-0.15, -0.1) is 0 Å². The Kier molecular flexibility index (Phi) is 8.40. The molecule has 2 aromatic carbocycles. The first-order valence-electron chi connectivity index (χ1n) is 11.8. The van der Waals surface area contributed by atoms with Crippen molar-refractivity contribution in [1.29, 1.82) is 0 Å².